The van der Waals surface area contributed by atoms with Crippen molar-refractivity contribution in [1.82, 2.24) is 10.2 Å². The number of allylic oxidation sites excluding steroid dienone is 2. The number of unbranched alkanes of at least 4 members (excludes halogenated alkanes) is 12. The largest absolute Gasteiger partial charge is 0.480 e. The average molecular weight is 439 g/mol. The van der Waals surface area contributed by atoms with E-state index >= 15 is 0 Å². The van der Waals surface area contributed by atoms with Gasteiger partial charge in [-0.05, 0) is 59.0 Å². The molecule has 0 aliphatic rings. The first kappa shape index (κ1) is 29.6. The molecule has 182 valence electrons. The lowest BCUT2D eigenvalue weighted by molar-refractivity contribution is -0.142. The third-order valence-electron chi connectivity index (χ3n) is 5.78. The maximum Gasteiger partial charge on any atom is 0.320 e. The normalized spacial score (nSPS) is 12.5. The molecule has 5 nitrogen and oxygen atoms in total. The number of carboxylic acids is 1. The first-order valence-corrected chi connectivity index (χ1v) is 12.8. The van der Waals surface area contributed by atoms with E-state index < -0.39 is 12.0 Å². The predicted molar refractivity (Wildman–Crippen MR) is 131 cm³/mol. The van der Waals surface area contributed by atoms with Crippen LogP contribution in [0.4, 0.5) is 0 Å². The zero-order chi connectivity index (χ0) is 23.2. The second-order valence-electron chi connectivity index (χ2n) is 9.00. The first-order chi connectivity index (χ1) is 15.0. The Bertz CT molecular complexity index is 464. The van der Waals surface area contributed by atoms with Crippen LogP contribution in [-0.4, -0.2) is 48.6 Å². The highest BCUT2D eigenvalue weighted by atomic mass is 16.4. The molecule has 0 radical (unpaired) electrons. The summed E-state index contributed by atoms with van der Waals surface area (Å²) >= 11 is 0. The van der Waals surface area contributed by atoms with Crippen LogP contribution in [0.15, 0.2) is 12.2 Å². The van der Waals surface area contributed by atoms with Crippen molar-refractivity contribution in [2.24, 2.45) is 0 Å². The third-order valence-corrected chi connectivity index (χ3v) is 5.78. The van der Waals surface area contributed by atoms with Gasteiger partial charge in [-0.15, -0.1) is 0 Å². The van der Waals surface area contributed by atoms with E-state index in [4.69, 9.17) is 5.11 Å². The molecule has 0 aliphatic carbocycles. The molecular formula is C26H50N2O3. The number of likely N-dealkylation sites (N-methyl/N-ethyl adjacent to an activating group) is 1. The number of carbonyl (C=O) groups is 2. The lowest BCUT2D eigenvalue weighted by Crippen LogP contribution is -2.35. The fourth-order valence-corrected chi connectivity index (χ4v) is 3.75. The van der Waals surface area contributed by atoms with Crippen LogP contribution in [0, 0.1) is 0 Å². The highest BCUT2D eigenvalue weighted by Gasteiger charge is 2.18. The molecule has 0 spiro atoms. The van der Waals surface area contributed by atoms with Crippen LogP contribution in [0.25, 0.3) is 0 Å². The number of aliphatic carboxylic acids is 1. The zero-order valence-corrected chi connectivity index (χ0v) is 20.7. The molecule has 1 atom stereocenters. The number of rotatable bonds is 22. The standard InChI is InChI=1S/C26H50N2O3/c1-4-5-6-7-8-9-10-11-12-13-14-15-16-17-18-22-25(29)27-23-20-19-21-24(26(30)31)28(2)3/h6-7,24H,4-5,8-23H2,1-3H3,(H,27,29)(H,30,31)/b7-6+/t24-/m0/s1. The third kappa shape index (κ3) is 20.3. The highest BCUT2D eigenvalue weighted by molar-refractivity contribution is 5.75. The molecule has 0 aromatic rings. The fraction of sp³-hybridized carbons (Fsp3) is 0.846. The molecule has 0 aliphatic heterocycles. The molecule has 0 saturated heterocycles. The summed E-state index contributed by atoms with van der Waals surface area (Å²) in [5, 5.41) is 12.1. The van der Waals surface area contributed by atoms with Gasteiger partial charge in [0.2, 0.25) is 5.91 Å². The van der Waals surface area contributed by atoms with Gasteiger partial charge in [-0.25, -0.2) is 0 Å². The molecule has 0 aromatic carbocycles. The number of nitrogens with zero attached hydrogens (tertiary/aromatic N) is 1. The fourth-order valence-electron chi connectivity index (χ4n) is 3.75. The van der Waals surface area contributed by atoms with Crippen molar-refractivity contribution in [3.8, 4) is 0 Å². The van der Waals surface area contributed by atoms with E-state index in [1.807, 2.05) is 0 Å². The Morgan fingerprint density at radius 2 is 1.35 bits per heavy atom. The Morgan fingerprint density at radius 1 is 0.806 bits per heavy atom. The topological polar surface area (TPSA) is 69.6 Å². The maximum absolute atomic E-state index is 11.9. The summed E-state index contributed by atoms with van der Waals surface area (Å²) in [6.45, 7) is 2.87. The van der Waals surface area contributed by atoms with Crippen molar-refractivity contribution in [2.75, 3.05) is 20.6 Å². The summed E-state index contributed by atoms with van der Waals surface area (Å²) in [7, 11) is 3.58. The number of carbonyl (C=O) groups excluding carboxylic acids is 1. The van der Waals surface area contributed by atoms with Gasteiger partial charge in [-0.1, -0.05) is 76.9 Å². The second-order valence-corrected chi connectivity index (χ2v) is 9.00. The second kappa shape index (κ2) is 21.9. The van der Waals surface area contributed by atoms with Crippen molar-refractivity contribution in [1.29, 1.82) is 0 Å². The minimum atomic E-state index is -0.778. The van der Waals surface area contributed by atoms with Crippen molar-refractivity contribution < 1.29 is 14.7 Å². The van der Waals surface area contributed by atoms with Gasteiger partial charge in [-0.3, -0.25) is 14.5 Å². The summed E-state index contributed by atoms with van der Waals surface area (Å²) in [6.07, 6.45) is 24.0. The van der Waals surface area contributed by atoms with E-state index in [2.05, 4.69) is 24.4 Å². The average Bonchev–Trinajstić information content (AvgIpc) is 2.72. The molecule has 1 amide bonds. The van der Waals surface area contributed by atoms with Gasteiger partial charge < -0.3 is 10.4 Å². The van der Waals surface area contributed by atoms with E-state index in [9.17, 15) is 9.59 Å². The predicted octanol–water partition coefficient (Wildman–Crippen LogP) is 6.33. The molecule has 2 N–H and O–H groups in total. The number of carboxylic acid groups (broad SMARTS) is 1. The summed E-state index contributed by atoms with van der Waals surface area (Å²) in [6, 6.07) is -0.437. The van der Waals surface area contributed by atoms with E-state index in [0.29, 0.717) is 19.4 Å². The van der Waals surface area contributed by atoms with Crippen molar-refractivity contribution in [3.63, 3.8) is 0 Å². The Morgan fingerprint density at radius 3 is 1.90 bits per heavy atom. The van der Waals surface area contributed by atoms with Crippen LogP contribution in [-0.2, 0) is 9.59 Å². The molecule has 0 bridgehead atoms. The molecule has 0 saturated carbocycles. The smallest absolute Gasteiger partial charge is 0.320 e. The maximum atomic E-state index is 11.9. The van der Waals surface area contributed by atoms with Gasteiger partial charge in [0.25, 0.3) is 0 Å². The molecule has 0 fully saturated rings. The van der Waals surface area contributed by atoms with Crippen molar-refractivity contribution >= 4 is 11.9 Å². The lowest BCUT2D eigenvalue weighted by atomic mass is 10.0. The van der Waals surface area contributed by atoms with Crippen LogP contribution in [0.1, 0.15) is 116 Å². The monoisotopic (exact) mass is 438 g/mol. The number of hydrogen-bond donors (Lipinski definition) is 2. The lowest BCUT2D eigenvalue weighted by Gasteiger charge is -2.19. The van der Waals surface area contributed by atoms with Crippen LogP contribution in [0.5, 0.6) is 0 Å². The molecule has 5 heteroatoms. The molecule has 0 unspecified atom stereocenters. The summed E-state index contributed by atoms with van der Waals surface area (Å²) in [5.41, 5.74) is 0. The van der Waals surface area contributed by atoms with Gasteiger partial charge in [0.15, 0.2) is 0 Å². The number of hydrogen-bond acceptors (Lipinski definition) is 3. The van der Waals surface area contributed by atoms with E-state index in [0.717, 1.165) is 25.7 Å². The van der Waals surface area contributed by atoms with Gasteiger partial charge in [0.1, 0.15) is 6.04 Å². The van der Waals surface area contributed by atoms with E-state index in [-0.39, 0.29) is 5.91 Å². The molecule has 0 rings (SSSR count). The molecule has 0 heterocycles. The van der Waals surface area contributed by atoms with Gasteiger partial charge >= 0.3 is 5.97 Å². The first-order valence-electron chi connectivity index (χ1n) is 12.8. The molecular weight excluding hydrogens is 388 g/mol. The van der Waals surface area contributed by atoms with Crippen LogP contribution in [0.3, 0.4) is 0 Å². The minimum absolute atomic E-state index is 0.131. The Hall–Kier alpha value is -1.36. The number of nitrogens with one attached hydrogen (secondary N) is 1. The summed E-state index contributed by atoms with van der Waals surface area (Å²) < 4.78 is 0. The van der Waals surface area contributed by atoms with Gasteiger partial charge in [-0.2, -0.15) is 0 Å². The van der Waals surface area contributed by atoms with Crippen LogP contribution < -0.4 is 5.32 Å². The van der Waals surface area contributed by atoms with Crippen molar-refractivity contribution in [3.05, 3.63) is 12.2 Å². The van der Waals surface area contributed by atoms with Gasteiger partial charge in [0, 0.05) is 13.0 Å². The summed E-state index contributed by atoms with van der Waals surface area (Å²) in [5.74, 6) is -0.646. The highest BCUT2D eigenvalue weighted by Crippen LogP contribution is 2.12. The van der Waals surface area contributed by atoms with E-state index in [1.165, 1.54) is 70.6 Å². The van der Waals surface area contributed by atoms with E-state index in [1.54, 1.807) is 19.0 Å². The van der Waals surface area contributed by atoms with Crippen LogP contribution >= 0.6 is 0 Å². The Kier molecular flexibility index (Phi) is 20.9. The van der Waals surface area contributed by atoms with Crippen LogP contribution in [0.2, 0.25) is 0 Å². The Balaban J connectivity index is 3.35. The zero-order valence-electron chi connectivity index (χ0n) is 20.7. The summed E-state index contributed by atoms with van der Waals surface area (Å²) in [4.78, 5) is 24.7. The minimum Gasteiger partial charge on any atom is -0.480 e. The SMILES string of the molecule is CCC/C=C/CCCCCCCCCCCCC(=O)NCCCC[C@@H](C(=O)O)N(C)C. The van der Waals surface area contributed by atoms with Crippen molar-refractivity contribution in [2.45, 2.75) is 122 Å². The quantitative estimate of drug-likeness (QED) is 0.153. The van der Waals surface area contributed by atoms with Gasteiger partial charge in [0.05, 0.1) is 0 Å². The molecule has 0 aromatic heterocycles. The number of amides is 1. The molecule has 31 heavy (non-hydrogen) atoms. The Labute approximate surface area is 192 Å².